The number of fused-ring (bicyclic) bond motifs is 1. The van der Waals surface area contributed by atoms with Crippen LogP contribution in [-0.2, 0) is 6.61 Å². The van der Waals surface area contributed by atoms with Crippen LogP contribution in [0.25, 0.3) is 22.1 Å². The number of benzene rings is 3. The summed E-state index contributed by atoms with van der Waals surface area (Å²) in [6.45, 7) is 0.468. The van der Waals surface area contributed by atoms with Crippen molar-refractivity contribution in [3.05, 3.63) is 83.0 Å². The maximum Gasteiger partial charge on any atom is 0.141 e. The van der Waals surface area contributed by atoms with Crippen molar-refractivity contribution in [1.29, 1.82) is 0 Å². The Balaban J connectivity index is 1.68. The molecule has 0 atom stereocenters. The first-order chi connectivity index (χ1) is 12.8. The Hall–Kier alpha value is -2.72. The van der Waals surface area contributed by atoms with Crippen LogP contribution in [0, 0.1) is 0 Å². The zero-order chi connectivity index (χ0) is 17.9. The van der Waals surface area contributed by atoms with Gasteiger partial charge in [-0.3, -0.25) is 0 Å². The van der Waals surface area contributed by atoms with Gasteiger partial charge in [0.2, 0.25) is 0 Å². The van der Waals surface area contributed by atoms with Gasteiger partial charge in [-0.2, -0.15) is 0 Å². The number of ether oxygens (including phenoxy) is 2. The molecule has 130 valence electrons. The number of rotatable bonds is 5. The molecule has 0 fully saturated rings. The molecule has 4 heteroatoms. The van der Waals surface area contributed by atoms with E-state index in [9.17, 15) is 0 Å². The number of para-hydroxylation sites is 2. The van der Waals surface area contributed by atoms with Crippen LogP contribution in [0.3, 0.4) is 0 Å². The number of furan rings is 1. The van der Waals surface area contributed by atoms with Crippen molar-refractivity contribution >= 4 is 26.9 Å². The van der Waals surface area contributed by atoms with Crippen molar-refractivity contribution in [3.8, 4) is 22.6 Å². The highest BCUT2D eigenvalue weighted by atomic mass is 79.9. The first kappa shape index (κ1) is 16.7. The van der Waals surface area contributed by atoms with E-state index >= 15 is 0 Å². The van der Waals surface area contributed by atoms with Crippen LogP contribution in [0.1, 0.15) is 5.56 Å². The highest BCUT2D eigenvalue weighted by Crippen LogP contribution is 2.40. The SMILES string of the molecule is COc1ccc(COc2c(Br)cccc2-c2coc3ccccc23)cc1. The lowest BCUT2D eigenvalue weighted by molar-refractivity contribution is 0.305. The fourth-order valence-corrected chi connectivity index (χ4v) is 3.41. The quantitative estimate of drug-likeness (QED) is 0.380. The maximum atomic E-state index is 6.17. The summed E-state index contributed by atoms with van der Waals surface area (Å²) in [5, 5.41) is 1.07. The normalized spacial score (nSPS) is 10.8. The molecule has 0 saturated heterocycles. The van der Waals surface area contributed by atoms with E-state index in [0.717, 1.165) is 43.6 Å². The first-order valence-corrected chi connectivity index (χ1v) is 9.06. The van der Waals surface area contributed by atoms with Crippen molar-refractivity contribution < 1.29 is 13.9 Å². The molecule has 3 nitrogen and oxygen atoms in total. The van der Waals surface area contributed by atoms with Gasteiger partial charge in [0.05, 0.1) is 17.8 Å². The van der Waals surface area contributed by atoms with Gasteiger partial charge >= 0.3 is 0 Å². The minimum Gasteiger partial charge on any atom is -0.497 e. The third-order valence-corrected chi connectivity index (χ3v) is 4.90. The standard InChI is InChI=1S/C22H17BrO3/c1-24-16-11-9-15(10-12-16)13-26-22-18(6-4-7-20(22)23)19-14-25-21-8-3-2-5-17(19)21/h2-12,14H,13H2,1H3. The van der Waals surface area contributed by atoms with Crippen molar-refractivity contribution in [2.75, 3.05) is 7.11 Å². The Labute approximate surface area is 160 Å². The average Bonchev–Trinajstić information content (AvgIpc) is 3.11. The smallest absolute Gasteiger partial charge is 0.141 e. The molecule has 0 spiro atoms. The second-order valence-electron chi connectivity index (χ2n) is 5.90. The molecule has 3 aromatic carbocycles. The molecule has 0 aliphatic carbocycles. The van der Waals surface area contributed by atoms with E-state index in [0.29, 0.717) is 6.61 Å². The van der Waals surface area contributed by atoms with Crippen LogP contribution >= 0.6 is 15.9 Å². The Bertz CT molecular complexity index is 1030. The fourth-order valence-electron chi connectivity index (χ4n) is 2.93. The number of methoxy groups -OCH3 is 1. The Morgan fingerprint density at radius 1 is 0.885 bits per heavy atom. The number of hydrogen-bond donors (Lipinski definition) is 0. The number of halogens is 1. The summed E-state index contributed by atoms with van der Waals surface area (Å²) in [6, 6.07) is 21.9. The Morgan fingerprint density at radius 2 is 1.69 bits per heavy atom. The summed E-state index contributed by atoms with van der Waals surface area (Å²) >= 11 is 3.62. The molecule has 4 aromatic rings. The van der Waals surface area contributed by atoms with Crippen LogP contribution in [0.5, 0.6) is 11.5 Å². The minimum atomic E-state index is 0.468. The van der Waals surface area contributed by atoms with Gasteiger partial charge in [-0.15, -0.1) is 0 Å². The predicted octanol–water partition coefficient (Wildman–Crippen LogP) is 6.45. The van der Waals surface area contributed by atoms with E-state index in [1.165, 1.54) is 0 Å². The Morgan fingerprint density at radius 3 is 2.50 bits per heavy atom. The lowest BCUT2D eigenvalue weighted by Gasteiger charge is -2.13. The minimum absolute atomic E-state index is 0.468. The summed E-state index contributed by atoms with van der Waals surface area (Å²) in [5.41, 5.74) is 3.96. The molecule has 4 rings (SSSR count). The predicted molar refractivity (Wildman–Crippen MR) is 107 cm³/mol. The third kappa shape index (κ3) is 3.20. The van der Waals surface area contributed by atoms with Crippen LogP contribution < -0.4 is 9.47 Å². The van der Waals surface area contributed by atoms with Gasteiger partial charge in [0, 0.05) is 16.5 Å². The van der Waals surface area contributed by atoms with Crippen LogP contribution in [0.2, 0.25) is 0 Å². The van der Waals surface area contributed by atoms with Gasteiger partial charge in [-0.1, -0.05) is 42.5 Å². The van der Waals surface area contributed by atoms with Gasteiger partial charge in [0.25, 0.3) is 0 Å². The van der Waals surface area contributed by atoms with Crippen LogP contribution in [-0.4, -0.2) is 7.11 Å². The van der Waals surface area contributed by atoms with E-state index in [-0.39, 0.29) is 0 Å². The third-order valence-electron chi connectivity index (χ3n) is 4.28. The summed E-state index contributed by atoms with van der Waals surface area (Å²) in [5.74, 6) is 1.63. The molecule has 0 aliphatic heterocycles. The van der Waals surface area contributed by atoms with E-state index in [4.69, 9.17) is 13.9 Å². The largest absolute Gasteiger partial charge is 0.497 e. The van der Waals surface area contributed by atoms with Crippen molar-refractivity contribution in [1.82, 2.24) is 0 Å². The van der Waals surface area contributed by atoms with Crippen molar-refractivity contribution in [2.45, 2.75) is 6.61 Å². The zero-order valence-corrected chi connectivity index (χ0v) is 15.8. The number of hydrogen-bond acceptors (Lipinski definition) is 3. The second-order valence-corrected chi connectivity index (χ2v) is 6.75. The molecule has 0 amide bonds. The van der Waals surface area contributed by atoms with Crippen molar-refractivity contribution in [3.63, 3.8) is 0 Å². The average molecular weight is 409 g/mol. The van der Waals surface area contributed by atoms with E-state index in [1.54, 1.807) is 13.4 Å². The fraction of sp³-hybridized carbons (Fsp3) is 0.0909. The molecule has 0 aliphatic rings. The molecule has 0 bridgehead atoms. The molecular weight excluding hydrogens is 392 g/mol. The van der Waals surface area contributed by atoms with Gasteiger partial charge in [-0.05, 0) is 45.8 Å². The monoisotopic (exact) mass is 408 g/mol. The molecule has 0 N–H and O–H groups in total. The topological polar surface area (TPSA) is 31.6 Å². The van der Waals surface area contributed by atoms with E-state index in [2.05, 4.69) is 22.0 Å². The van der Waals surface area contributed by atoms with Gasteiger partial charge < -0.3 is 13.9 Å². The zero-order valence-electron chi connectivity index (χ0n) is 14.2. The summed E-state index contributed by atoms with van der Waals surface area (Å²) < 4.78 is 18.0. The van der Waals surface area contributed by atoms with Gasteiger partial charge in [0.1, 0.15) is 23.7 Å². The van der Waals surface area contributed by atoms with Gasteiger partial charge in [-0.25, -0.2) is 0 Å². The first-order valence-electron chi connectivity index (χ1n) is 8.27. The summed E-state index contributed by atoms with van der Waals surface area (Å²) in [6.07, 6.45) is 1.78. The molecule has 0 saturated carbocycles. The molecular formula is C22H17BrO3. The molecule has 0 unspecified atom stereocenters. The lowest BCUT2D eigenvalue weighted by atomic mass is 10.0. The molecule has 26 heavy (non-hydrogen) atoms. The van der Waals surface area contributed by atoms with Crippen molar-refractivity contribution in [2.24, 2.45) is 0 Å². The van der Waals surface area contributed by atoms with Gasteiger partial charge in [0.15, 0.2) is 0 Å². The molecule has 0 radical (unpaired) electrons. The van der Waals surface area contributed by atoms with Crippen LogP contribution in [0.15, 0.2) is 81.9 Å². The second kappa shape index (κ2) is 7.26. The molecule has 1 heterocycles. The summed E-state index contributed by atoms with van der Waals surface area (Å²) in [7, 11) is 1.66. The maximum absolute atomic E-state index is 6.17. The summed E-state index contributed by atoms with van der Waals surface area (Å²) in [4.78, 5) is 0. The Kier molecular flexibility index (Phi) is 4.67. The van der Waals surface area contributed by atoms with Crippen LogP contribution in [0.4, 0.5) is 0 Å². The highest BCUT2D eigenvalue weighted by Gasteiger charge is 2.15. The van der Waals surface area contributed by atoms with E-state index < -0.39 is 0 Å². The highest BCUT2D eigenvalue weighted by molar-refractivity contribution is 9.10. The lowest BCUT2D eigenvalue weighted by Crippen LogP contribution is -1.98. The molecule has 1 aromatic heterocycles. The van der Waals surface area contributed by atoms with E-state index in [1.807, 2.05) is 60.7 Å².